The number of hydrogen-bond acceptors (Lipinski definition) is 0. The minimum Gasteiger partial charge on any atom is -0.207 e. The Bertz CT molecular complexity index is 524. The third kappa shape index (κ3) is 2.64. The van der Waals surface area contributed by atoms with Crippen LogP contribution in [0.2, 0.25) is 0 Å². The summed E-state index contributed by atoms with van der Waals surface area (Å²) >= 11 is 3.72. The highest BCUT2D eigenvalue weighted by molar-refractivity contribution is 9.09. The Morgan fingerprint density at radius 1 is 0.889 bits per heavy atom. The number of alkyl halides is 1. The molecule has 0 saturated heterocycles. The van der Waals surface area contributed by atoms with Crippen molar-refractivity contribution in [3.63, 3.8) is 0 Å². The maximum atomic E-state index is 13.1. The van der Waals surface area contributed by atoms with E-state index in [1.54, 1.807) is 6.07 Å². The molecule has 2 heteroatoms. The number of rotatable bonds is 2. The molecule has 2 rings (SSSR count). The van der Waals surface area contributed by atoms with Crippen molar-refractivity contribution in [3.8, 4) is 0 Å². The predicted octanol–water partition coefficient (Wildman–Crippen LogP) is 5.24. The first-order chi connectivity index (χ1) is 8.49. The van der Waals surface area contributed by atoms with Crippen molar-refractivity contribution in [2.75, 3.05) is 0 Å². The molecule has 0 aliphatic heterocycles. The van der Waals surface area contributed by atoms with Gasteiger partial charge in [0.15, 0.2) is 0 Å². The highest BCUT2D eigenvalue weighted by Gasteiger charge is 2.15. The molecule has 18 heavy (non-hydrogen) atoms. The fraction of sp³-hybridized carbons (Fsp3) is 0.250. The van der Waals surface area contributed by atoms with Crippen molar-refractivity contribution in [3.05, 3.63) is 70.0 Å². The summed E-state index contributed by atoms with van der Waals surface area (Å²) in [7, 11) is 0. The van der Waals surface area contributed by atoms with Gasteiger partial charge in [-0.3, -0.25) is 0 Å². The Hall–Kier alpha value is -1.15. The van der Waals surface area contributed by atoms with E-state index >= 15 is 0 Å². The first-order valence-corrected chi connectivity index (χ1v) is 6.88. The van der Waals surface area contributed by atoms with Gasteiger partial charge in [-0.05, 0) is 55.2 Å². The van der Waals surface area contributed by atoms with Crippen molar-refractivity contribution in [1.29, 1.82) is 0 Å². The van der Waals surface area contributed by atoms with Crippen molar-refractivity contribution < 1.29 is 4.39 Å². The van der Waals surface area contributed by atoms with Gasteiger partial charge in [0.1, 0.15) is 5.82 Å². The standard InChI is InChI=1S/C16H16BrF/c1-10-4-6-14(11(2)8-10)16(17)15-7-5-13(18)9-12(15)3/h4-9,16H,1-3H3. The van der Waals surface area contributed by atoms with E-state index in [2.05, 4.69) is 48.0 Å². The minimum absolute atomic E-state index is 0.110. The van der Waals surface area contributed by atoms with Gasteiger partial charge < -0.3 is 0 Å². The lowest BCUT2D eigenvalue weighted by Gasteiger charge is -2.16. The van der Waals surface area contributed by atoms with Gasteiger partial charge in [0.2, 0.25) is 0 Å². The van der Waals surface area contributed by atoms with E-state index in [9.17, 15) is 4.39 Å². The number of hydrogen-bond donors (Lipinski definition) is 0. The maximum Gasteiger partial charge on any atom is 0.123 e. The first kappa shape index (κ1) is 13.3. The molecule has 0 amide bonds. The SMILES string of the molecule is Cc1ccc(C(Br)c2ccc(F)cc2C)c(C)c1. The summed E-state index contributed by atoms with van der Waals surface area (Å²) in [5.41, 5.74) is 5.82. The fourth-order valence-corrected chi connectivity index (χ4v) is 3.23. The van der Waals surface area contributed by atoms with Crippen LogP contribution in [0, 0.1) is 26.6 Å². The molecule has 0 radical (unpaired) electrons. The summed E-state index contributed by atoms with van der Waals surface area (Å²) in [5, 5.41) is 0. The Morgan fingerprint density at radius 2 is 1.44 bits per heavy atom. The second-order valence-corrected chi connectivity index (χ2v) is 5.64. The lowest BCUT2D eigenvalue weighted by Crippen LogP contribution is -1.99. The molecule has 0 bridgehead atoms. The van der Waals surface area contributed by atoms with Crippen molar-refractivity contribution in [2.45, 2.75) is 25.6 Å². The lowest BCUT2D eigenvalue weighted by atomic mass is 9.96. The molecule has 94 valence electrons. The zero-order valence-corrected chi connectivity index (χ0v) is 12.4. The molecule has 0 heterocycles. The Kier molecular flexibility index (Phi) is 3.86. The molecule has 0 aliphatic carbocycles. The Morgan fingerprint density at radius 3 is 2.00 bits per heavy atom. The van der Waals surface area contributed by atoms with Gasteiger partial charge in [-0.25, -0.2) is 4.39 Å². The highest BCUT2D eigenvalue weighted by Crippen LogP contribution is 2.35. The topological polar surface area (TPSA) is 0 Å². The molecule has 0 N–H and O–H groups in total. The van der Waals surface area contributed by atoms with Gasteiger partial charge in [-0.15, -0.1) is 0 Å². The summed E-state index contributed by atoms with van der Waals surface area (Å²) in [5.74, 6) is -0.184. The molecular weight excluding hydrogens is 291 g/mol. The van der Waals surface area contributed by atoms with E-state index in [0.717, 1.165) is 11.1 Å². The van der Waals surface area contributed by atoms with Crippen LogP contribution in [0.1, 0.15) is 32.6 Å². The molecule has 0 aliphatic rings. The monoisotopic (exact) mass is 306 g/mol. The van der Waals surface area contributed by atoms with E-state index in [0.29, 0.717) is 0 Å². The Labute approximate surface area is 116 Å². The van der Waals surface area contributed by atoms with Crippen LogP contribution in [0.15, 0.2) is 36.4 Å². The smallest absolute Gasteiger partial charge is 0.123 e. The number of aryl methyl sites for hydroxylation is 3. The number of halogens is 2. The molecule has 0 fully saturated rings. The van der Waals surface area contributed by atoms with Gasteiger partial charge >= 0.3 is 0 Å². The van der Waals surface area contributed by atoms with Gasteiger partial charge in [0.25, 0.3) is 0 Å². The van der Waals surface area contributed by atoms with E-state index in [4.69, 9.17) is 0 Å². The quantitative estimate of drug-likeness (QED) is 0.666. The Balaban J connectivity index is 2.44. The van der Waals surface area contributed by atoms with Crippen LogP contribution < -0.4 is 0 Å². The molecule has 1 unspecified atom stereocenters. The predicted molar refractivity (Wildman–Crippen MR) is 77.8 cm³/mol. The van der Waals surface area contributed by atoms with Crippen molar-refractivity contribution >= 4 is 15.9 Å². The zero-order chi connectivity index (χ0) is 13.3. The third-order valence-corrected chi connectivity index (χ3v) is 4.19. The van der Waals surface area contributed by atoms with Crippen LogP contribution in [-0.2, 0) is 0 Å². The number of benzene rings is 2. The molecule has 2 aromatic rings. The van der Waals surface area contributed by atoms with Gasteiger partial charge in [0.05, 0.1) is 4.83 Å². The molecule has 2 aromatic carbocycles. The highest BCUT2D eigenvalue weighted by atomic mass is 79.9. The molecule has 0 spiro atoms. The van der Waals surface area contributed by atoms with Crippen molar-refractivity contribution in [1.82, 2.24) is 0 Å². The molecule has 0 nitrogen and oxygen atoms in total. The van der Waals surface area contributed by atoms with Gasteiger partial charge in [0, 0.05) is 0 Å². The van der Waals surface area contributed by atoms with Crippen LogP contribution >= 0.6 is 15.9 Å². The van der Waals surface area contributed by atoms with Crippen LogP contribution in [0.3, 0.4) is 0 Å². The second-order valence-electron chi connectivity index (χ2n) is 4.72. The first-order valence-electron chi connectivity index (χ1n) is 5.96. The molecular formula is C16H16BrF. The van der Waals surface area contributed by atoms with E-state index < -0.39 is 0 Å². The summed E-state index contributed by atoms with van der Waals surface area (Å²) in [6.07, 6.45) is 0. The molecule has 1 atom stereocenters. The average Bonchev–Trinajstić information content (AvgIpc) is 2.28. The fourth-order valence-electron chi connectivity index (χ4n) is 2.20. The normalized spacial score (nSPS) is 12.5. The van der Waals surface area contributed by atoms with Crippen LogP contribution in [0.4, 0.5) is 4.39 Å². The van der Waals surface area contributed by atoms with E-state index in [1.807, 2.05) is 13.0 Å². The third-order valence-electron chi connectivity index (χ3n) is 3.20. The zero-order valence-electron chi connectivity index (χ0n) is 10.8. The minimum atomic E-state index is -0.184. The van der Waals surface area contributed by atoms with Crippen LogP contribution in [-0.4, -0.2) is 0 Å². The summed E-state index contributed by atoms with van der Waals surface area (Å²) in [4.78, 5) is 0.110. The largest absolute Gasteiger partial charge is 0.207 e. The summed E-state index contributed by atoms with van der Waals surface area (Å²) in [6, 6.07) is 11.3. The van der Waals surface area contributed by atoms with Crippen LogP contribution in [0.5, 0.6) is 0 Å². The summed E-state index contributed by atoms with van der Waals surface area (Å²) < 4.78 is 13.1. The van der Waals surface area contributed by atoms with Crippen molar-refractivity contribution in [2.24, 2.45) is 0 Å². The van der Waals surface area contributed by atoms with E-state index in [-0.39, 0.29) is 10.6 Å². The second kappa shape index (κ2) is 5.23. The molecule has 0 saturated carbocycles. The van der Waals surface area contributed by atoms with Crippen LogP contribution in [0.25, 0.3) is 0 Å². The van der Waals surface area contributed by atoms with Gasteiger partial charge in [-0.1, -0.05) is 45.8 Å². The van der Waals surface area contributed by atoms with Gasteiger partial charge in [-0.2, -0.15) is 0 Å². The molecule has 0 aromatic heterocycles. The average molecular weight is 307 g/mol. The maximum absolute atomic E-state index is 13.1. The summed E-state index contributed by atoms with van der Waals surface area (Å²) in [6.45, 7) is 6.13. The lowest BCUT2D eigenvalue weighted by molar-refractivity contribution is 0.626. The van der Waals surface area contributed by atoms with E-state index in [1.165, 1.54) is 22.8 Å².